The maximum atomic E-state index is 13.1. The molecule has 1 N–H and O–H groups in total. The first-order valence-corrected chi connectivity index (χ1v) is 11.6. The van der Waals surface area contributed by atoms with Gasteiger partial charge in [0.05, 0.1) is 13.7 Å². The Hall–Kier alpha value is -3.13. The van der Waals surface area contributed by atoms with Crippen LogP contribution >= 0.6 is 11.8 Å². The minimum absolute atomic E-state index is 0.0329. The van der Waals surface area contributed by atoms with Crippen molar-refractivity contribution >= 4 is 35.0 Å². The van der Waals surface area contributed by atoms with Crippen molar-refractivity contribution in [2.24, 2.45) is 0 Å². The highest BCUT2D eigenvalue weighted by atomic mass is 32.2. The number of nitrogens with zero attached hydrogens (tertiary/aromatic N) is 2. The summed E-state index contributed by atoms with van der Waals surface area (Å²) in [5.41, 5.74) is 3.17. The molecule has 8 heteroatoms. The van der Waals surface area contributed by atoms with E-state index < -0.39 is 0 Å². The van der Waals surface area contributed by atoms with Gasteiger partial charge < -0.3 is 24.6 Å². The van der Waals surface area contributed by atoms with Crippen LogP contribution < -0.4 is 15.0 Å². The van der Waals surface area contributed by atoms with Crippen molar-refractivity contribution in [1.82, 2.24) is 4.90 Å². The fraction of sp³-hybridized carbons (Fsp3) is 0.333. The van der Waals surface area contributed by atoms with Gasteiger partial charge in [-0.3, -0.25) is 9.59 Å². The monoisotopic (exact) mass is 453 g/mol. The van der Waals surface area contributed by atoms with E-state index in [1.54, 1.807) is 30.3 Å². The molecule has 0 unspecified atom stereocenters. The molecule has 7 nitrogen and oxygen atoms in total. The van der Waals surface area contributed by atoms with Gasteiger partial charge in [0.1, 0.15) is 5.75 Å². The first kappa shape index (κ1) is 22.1. The van der Waals surface area contributed by atoms with Crippen molar-refractivity contribution in [2.75, 3.05) is 55.9 Å². The highest BCUT2D eigenvalue weighted by Crippen LogP contribution is 2.24. The van der Waals surface area contributed by atoms with Gasteiger partial charge in [-0.25, -0.2) is 0 Å². The third-order valence-electron chi connectivity index (χ3n) is 5.59. The number of benzene rings is 2. The van der Waals surface area contributed by atoms with Crippen molar-refractivity contribution in [1.29, 1.82) is 0 Å². The summed E-state index contributed by atoms with van der Waals surface area (Å²) in [7, 11) is 1.66. The van der Waals surface area contributed by atoms with E-state index in [1.807, 2.05) is 42.2 Å². The summed E-state index contributed by atoms with van der Waals surface area (Å²) >= 11 is 1.55. The van der Waals surface area contributed by atoms with E-state index in [1.165, 1.54) is 0 Å². The van der Waals surface area contributed by atoms with Crippen molar-refractivity contribution in [2.45, 2.75) is 6.92 Å². The fourth-order valence-electron chi connectivity index (χ4n) is 3.72. The highest BCUT2D eigenvalue weighted by Gasteiger charge is 2.23. The Labute approximate surface area is 192 Å². The molecule has 0 radical (unpaired) electrons. The van der Waals surface area contributed by atoms with E-state index in [-0.39, 0.29) is 11.8 Å². The Morgan fingerprint density at radius 3 is 2.62 bits per heavy atom. The average molecular weight is 454 g/mol. The minimum Gasteiger partial charge on any atom is -0.497 e. The van der Waals surface area contributed by atoms with Gasteiger partial charge in [0.25, 0.3) is 11.8 Å². The number of piperazine rings is 1. The van der Waals surface area contributed by atoms with Crippen LogP contribution in [0.3, 0.4) is 0 Å². The summed E-state index contributed by atoms with van der Waals surface area (Å²) in [4.78, 5) is 29.7. The number of hydrogen-bond acceptors (Lipinski definition) is 6. The maximum absolute atomic E-state index is 13.1. The molecule has 0 atom stereocenters. The van der Waals surface area contributed by atoms with Crippen LogP contribution in [0, 0.1) is 6.92 Å². The lowest BCUT2D eigenvalue weighted by molar-refractivity contribution is -0.116. The van der Waals surface area contributed by atoms with Crippen LogP contribution in [0.15, 0.2) is 53.6 Å². The second-order valence-electron chi connectivity index (χ2n) is 7.67. The lowest BCUT2D eigenvalue weighted by atomic mass is 10.1. The van der Waals surface area contributed by atoms with Gasteiger partial charge in [0, 0.05) is 60.3 Å². The predicted octanol–water partition coefficient (Wildman–Crippen LogP) is 3.51. The Morgan fingerprint density at radius 2 is 1.91 bits per heavy atom. The molecule has 1 fully saturated rings. The molecular weight excluding hydrogens is 426 g/mol. The normalized spacial score (nSPS) is 16.1. The highest BCUT2D eigenvalue weighted by molar-refractivity contribution is 8.02. The topological polar surface area (TPSA) is 71.1 Å². The third kappa shape index (κ3) is 5.02. The zero-order valence-corrected chi connectivity index (χ0v) is 19.1. The van der Waals surface area contributed by atoms with Gasteiger partial charge in [-0.1, -0.05) is 12.1 Å². The number of carbonyl (C=O) groups excluding carboxylic acids is 2. The van der Waals surface area contributed by atoms with Crippen LogP contribution in [-0.2, 0) is 9.53 Å². The van der Waals surface area contributed by atoms with Crippen LogP contribution in [0.5, 0.6) is 5.75 Å². The summed E-state index contributed by atoms with van der Waals surface area (Å²) in [6, 6.07) is 13.4. The molecule has 1 saturated heterocycles. The van der Waals surface area contributed by atoms with Crippen LogP contribution in [-0.4, -0.2) is 62.4 Å². The zero-order valence-electron chi connectivity index (χ0n) is 18.3. The van der Waals surface area contributed by atoms with E-state index in [0.717, 1.165) is 35.8 Å². The van der Waals surface area contributed by atoms with Gasteiger partial charge >= 0.3 is 0 Å². The van der Waals surface area contributed by atoms with Gasteiger partial charge in [-0.2, -0.15) is 0 Å². The van der Waals surface area contributed by atoms with E-state index in [0.29, 0.717) is 36.7 Å². The average Bonchev–Trinajstić information content (AvgIpc) is 2.85. The molecule has 0 spiro atoms. The number of methoxy groups -OCH3 is 1. The molecule has 2 aromatic rings. The van der Waals surface area contributed by atoms with Gasteiger partial charge in [-0.15, -0.1) is 11.8 Å². The Bertz CT molecular complexity index is 1030. The van der Waals surface area contributed by atoms with Crippen molar-refractivity contribution < 1.29 is 19.1 Å². The molecule has 2 heterocycles. The smallest absolute Gasteiger partial charge is 0.291 e. The minimum atomic E-state index is -0.295. The summed E-state index contributed by atoms with van der Waals surface area (Å²) in [6.45, 7) is 5.17. The number of anilines is 2. The van der Waals surface area contributed by atoms with E-state index in [2.05, 4.69) is 16.3 Å². The molecule has 0 bridgehead atoms. The molecule has 2 aromatic carbocycles. The maximum Gasteiger partial charge on any atom is 0.291 e. The lowest BCUT2D eigenvalue weighted by Crippen LogP contribution is -2.48. The van der Waals surface area contributed by atoms with Gasteiger partial charge in [0.15, 0.2) is 5.76 Å². The molecule has 2 amide bonds. The largest absolute Gasteiger partial charge is 0.497 e. The SMILES string of the molecule is COc1cccc(N2CCN(C(=O)c3ccc(C)c(NC(=O)C4=CSCCO4)c3)CC2)c1. The second kappa shape index (κ2) is 9.99. The first-order valence-electron chi connectivity index (χ1n) is 10.6. The van der Waals surface area contributed by atoms with Gasteiger partial charge in [-0.05, 0) is 36.8 Å². The third-order valence-corrected chi connectivity index (χ3v) is 6.37. The number of amides is 2. The van der Waals surface area contributed by atoms with Crippen LogP contribution in [0.25, 0.3) is 0 Å². The first-order chi connectivity index (χ1) is 15.5. The van der Waals surface area contributed by atoms with Crippen molar-refractivity contribution in [3.63, 3.8) is 0 Å². The summed E-state index contributed by atoms with van der Waals surface area (Å²) in [6.07, 6.45) is 0. The van der Waals surface area contributed by atoms with Crippen LogP contribution in [0.1, 0.15) is 15.9 Å². The summed E-state index contributed by atoms with van der Waals surface area (Å²) in [5, 5.41) is 4.61. The van der Waals surface area contributed by atoms with E-state index >= 15 is 0 Å². The molecule has 32 heavy (non-hydrogen) atoms. The number of carbonyl (C=O) groups is 2. The lowest BCUT2D eigenvalue weighted by Gasteiger charge is -2.36. The molecule has 2 aliphatic rings. The van der Waals surface area contributed by atoms with Gasteiger partial charge in [0.2, 0.25) is 0 Å². The number of ether oxygens (including phenoxy) is 2. The molecule has 2 aliphatic heterocycles. The Balaban J connectivity index is 1.41. The van der Waals surface area contributed by atoms with Crippen molar-refractivity contribution in [3.05, 3.63) is 64.8 Å². The van der Waals surface area contributed by atoms with Crippen LogP contribution in [0.4, 0.5) is 11.4 Å². The Kier molecular flexibility index (Phi) is 6.90. The number of aryl methyl sites for hydroxylation is 1. The predicted molar refractivity (Wildman–Crippen MR) is 127 cm³/mol. The quantitative estimate of drug-likeness (QED) is 0.747. The molecule has 4 rings (SSSR count). The van der Waals surface area contributed by atoms with E-state index in [4.69, 9.17) is 9.47 Å². The molecule has 168 valence electrons. The zero-order chi connectivity index (χ0) is 22.5. The summed E-state index contributed by atoms with van der Waals surface area (Å²) in [5.74, 6) is 1.64. The second-order valence-corrected chi connectivity index (χ2v) is 8.64. The Morgan fingerprint density at radius 1 is 1.09 bits per heavy atom. The van der Waals surface area contributed by atoms with Crippen LogP contribution in [0.2, 0.25) is 0 Å². The molecular formula is C24H27N3O4S. The van der Waals surface area contributed by atoms with Crippen molar-refractivity contribution in [3.8, 4) is 5.75 Å². The number of thioether (sulfide) groups is 1. The molecule has 0 aromatic heterocycles. The molecule has 0 aliphatic carbocycles. The summed E-state index contributed by atoms with van der Waals surface area (Å²) < 4.78 is 10.7. The number of hydrogen-bond donors (Lipinski definition) is 1. The number of nitrogens with one attached hydrogen (secondary N) is 1. The molecule has 0 saturated carbocycles. The standard InChI is InChI=1S/C24H27N3O4S/c1-17-6-7-18(14-21(17)25-23(28)22-16-32-13-12-31-22)24(29)27-10-8-26(9-11-27)19-4-3-5-20(15-19)30-2/h3-7,14-16H,8-13H2,1-2H3,(H,25,28). The number of rotatable bonds is 5. The van der Waals surface area contributed by atoms with E-state index in [9.17, 15) is 9.59 Å². The fourth-order valence-corrected chi connectivity index (χ4v) is 4.34.